The standard InChI is InChI=1S/C21H19BrF3N3O3/c1-2-10-31-18-7-6-14(11-17(18)22)13-26-28-20(30)9-8-19(29)27-16-5-3-4-15(12-16)21(23,24)25/h2-7,11-13H,1,8-10H2,(H,27,29)(H,28,30). The minimum absolute atomic E-state index is 0.00403. The molecule has 0 radical (unpaired) electrons. The molecule has 0 aliphatic rings. The topological polar surface area (TPSA) is 79.8 Å². The maximum Gasteiger partial charge on any atom is 0.416 e. The number of carbonyl (C=O) groups excluding carboxylic acids is 2. The zero-order chi connectivity index (χ0) is 22.9. The third-order valence-electron chi connectivity index (χ3n) is 3.77. The van der Waals surface area contributed by atoms with Gasteiger partial charge in [-0.3, -0.25) is 9.59 Å². The number of nitrogens with one attached hydrogen (secondary N) is 2. The average Bonchev–Trinajstić information content (AvgIpc) is 2.71. The number of carbonyl (C=O) groups is 2. The van der Waals surface area contributed by atoms with Gasteiger partial charge in [-0.05, 0) is 57.9 Å². The number of benzene rings is 2. The molecule has 0 fully saturated rings. The van der Waals surface area contributed by atoms with Crippen molar-refractivity contribution in [2.24, 2.45) is 5.10 Å². The van der Waals surface area contributed by atoms with E-state index in [1.165, 1.54) is 18.3 Å². The lowest BCUT2D eigenvalue weighted by Gasteiger charge is -2.09. The van der Waals surface area contributed by atoms with Gasteiger partial charge in [-0.2, -0.15) is 18.3 Å². The van der Waals surface area contributed by atoms with Gasteiger partial charge in [0.2, 0.25) is 11.8 Å². The molecule has 2 aromatic rings. The van der Waals surface area contributed by atoms with Crippen LogP contribution in [0.15, 0.2) is 64.7 Å². The van der Waals surface area contributed by atoms with Gasteiger partial charge < -0.3 is 10.1 Å². The smallest absolute Gasteiger partial charge is 0.416 e. The monoisotopic (exact) mass is 497 g/mol. The summed E-state index contributed by atoms with van der Waals surface area (Å²) in [6, 6.07) is 9.47. The Morgan fingerprint density at radius 2 is 1.87 bits per heavy atom. The van der Waals surface area contributed by atoms with Gasteiger partial charge in [0.05, 0.1) is 16.3 Å². The summed E-state index contributed by atoms with van der Waals surface area (Å²) in [6.45, 7) is 3.94. The highest BCUT2D eigenvalue weighted by atomic mass is 79.9. The van der Waals surface area contributed by atoms with Crippen molar-refractivity contribution in [3.63, 3.8) is 0 Å². The van der Waals surface area contributed by atoms with Gasteiger partial charge in [-0.25, -0.2) is 5.43 Å². The van der Waals surface area contributed by atoms with Crippen LogP contribution >= 0.6 is 15.9 Å². The molecule has 0 saturated carbocycles. The summed E-state index contributed by atoms with van der Waals surface area (Å²) in [5, 5.41) is 6.15. The molecule has 6 nitrogen and oxygen atoms in total. The maximum absolute atomic E-state index is 12.7. The minimum Gasteiger partial charge on any atom is -0.488 e. The predicted molar refractivity (Wildman–Crippen MR) is 115 cm³/mol. The highest BCUT2D eigenvalue weighted by molar-refractivity contribution is 9.10. The number of amides is 2. The summed E-state index contributed by atoms with van der Waals surface area (Å²) in [4.78, 5) is 23.7. The van der Waals surface area contributed by atoms with E-state index in [1.54, 1.807) is 24.3 Å². The van der Waals surface area contributed by atoms with E-state index in [0.29, 0.717) is 22.4 Å². The van der Waals surface area contributed by atoms with Gasteiger partial charge in [0.15, 0.2) is 0 Å². The van der Waals surface area contributed by atoms with Crippen molar-refractivity contribution in [3.8, 4) is 5.75 Å². The summed E-state index contributed by atoms with van der Waals surface area (Å²) in [5.41, 5.74) is 2.12. The Balaban J connectivity index is 1.79. The third-order valence-corrected chi connectivity index (χ3v) is 4.39. The second-order valence-electron chi connectivity index (χ2n) is 6.21. The number of hydrogen-bond acceptors (Lipinski definition) is 4. The molecular weight excluding hydrogens is 479 g/mol. The Morgan fingerprint density at radius 1 is 1.13 bits per heavy atom. The van der Waals surface area contributed by atoms with Gasteiger partial charge in [0, 0.05) is 18.5 Å². The second-order valence-corrected chi connectivity index (χ2v) is 7.06. The van der Waals surface area contributed by atoms with Gasteiger partial charge >= 0.3 is 6.18 Å². The molecule has 10 heteroatoms. The molecule has 0 spiro atoms. The fourth-order valence-electron chi connectivity index (χ4n) is 2.32. The largest absolute Gasteiger partial charge is 0.488 e. The Kier molecular flexibility index (Phi) is 8.80. The molecule has 2 N–H and O–H groups in total. The van der Waals surface area contributed by atoms with E-state index in [4.69, 9.17) is 4.74 Å². The van der Waals surface area contributed by atoms with Crippen molar-refractivity contribution < 1.29 is 27.5 Å². The normalized spacial score (nSPS) is 11.2. The van der Waals surface area contributed by atoms with E-state index in [-0.39, 0.29) is 18.5 Å². The van der Waals surface area contributed by atoms with Gasteiger partial charge in [0.25, 0.3) is 0 Å². The Morgan fingerprint density at radius 3 is 2.55 bits per heavy atom. The molecule has 0 heterocycles. The van der Waals surface area contributed by atoms with E-state index in [1.807, 2.05) is 0 Å². The molecule has 0 atom stereocenters. The number of halogens is 4. The third kappa shape index (κ3) is 8.25. The van der Waals surface area contributed by atoms with Crippen molar-refractivity contribution in [3.05, 3.63) is 70.7 Å². The van der Waals surface area contributed by atoms with Crippen LogP contribution in [-0.4, -0.2) is 24.6 Å². The SMILES string of the molecule is C=CCOc1ccc(C=NNC(=O)CCC(=O)Nc2cccc(C(F)(F)F)c2)cc1Br. The van der Waals surface area contributed by atoms with Crippen LogP contribution in [0.1, 0.15) is 24.0 Å². The van der Waals surface area contributed by atoms with Crippen molar-refractivity contribution in [1.29, 1.82) is 0 Å². The summed E-state index contributed by atoms with van der Waals surface area (Å²) in [5.74, 6) is -0.467. The van der Waals surface area contributed by atoms with Crippen molar-refractivity contribution in [2.75, 3.05) is 11.9 Å². The van der Waals surface area contributed by atoms with E-state index in [9.17, 15) is 22.8 Å². The Labute approximate surface area is 185 Å². The van der Waals surface area contributed by atoms with Crippen molar-refractivity contribution >= 4 is 39.6 Å². The van der Waals surface area contributed by atoms with Gasteiger partial charge in [-0.15, -0.1) is 0 Å². The molecule has 0 unspecified atom stereocenters. The number of hydrazone groups is 1. The van der Waals surface area contributed by atoms with Crippen LogP contribution in [0, 0.1) is 0 Å². The van der Waals surface area contributed by atoms with Crippen molar-refractivity contribution in [2.45, 2.75) is 19.0 Å². The number of hydrogen-bond donors (Lipinski definition) is 2. The Bertz CT molecular complexity index is 978. The van der Waals surface area contributed by atoms with E-state index in [0.717, 1.165) is 12.1 Å². The van der Waals surface area contributed by atoms with Crippen LogP contribution in [-0.2, 0) is 15.8 Å². The lowest BCUT2D eigenvalue weighted by molar-refractivity contribution is -0.137. The first kappa shape index (κ1) is 24.1. The predicted octanol–water partition coefficient (Wildman–Crippen LogP) is 4.90. The number of ether oxygens (including phenoxy) is 1. The first-order chi connectivity index (χ1) is 14.7. The lowest BCUT2D eigenvalue weighted by atomic mass is 10.2. The first-order valence-corrected chi connectivity index (χ1v) is 9.80. The molecule has 0 saturated heterocycles. The fraction of sp³-hybridized carbons (Fsp3) is 0.190. The zero-order valence-electron chi connectivity index (χ0n) is 16.2. The number of rotatable bonds is 9. The molecule has 31 heavy (non-hydrogen) atoms. The fourth-order valence-corrected chi connectivity index (χ4v) is 2.83. The van der Waals surface area contributed by atoms with Crippen LogP contribution in [0.25, 0.3) is 0 Å². The number of nitrogens with zero attached hydrogens (tertiary/aromatic N) is 1. The molecule has 0 aliphatic carbocycles. The first-order valence-electron chi connectivity index (χ1n) is 9.01. The second kappa shape index (κ2) is 11.3. The summed E-state index contributed by atoms with van der Waals surface area (Å²) in [6.07, 6.45) is -1.86. The molecule has 0 bridgehead atoms. The quantitative estimate of drug-likeness (QED) is 0.293. The highest BCUT2D eigenvalue weighted by Gasteiger charge is 2.30. The van der Waals surface area contributed by atoms with Crippen LogP contribution in [0.5, 0.6) is 5.75 Å². The highest BCUT2D eigenvalue weighted by Crippen LogP contribution is 2.30. The van der Waals surface area contributed by atoms with Gasteiger partial charge in [0.1, 0.15) is 12.4 Å². The van der Waals surface area contributed by atoms with Crippen LogP contribution in [0.2, 0.25) is 0 Å². The van der Waals surface area contributed by atoms with E-state index >= 15 is 0 Å². The van der Waals surface area contributed by atoms with Crippen LogP contribution in [0.3, 0.4) is 0 Å². The maximum atomic E-state index is 12.7. The van der Waals surface area contributed by atoms with Crippen molar-refractivity contribution in [1.82, 2.24) is 5.43 Å². The zero-order valence-corrected chi connectivity index (χ0v) is 17.8. The summed E-state index contributed by atoms with van der Waals surface area (Å²) < 4.78 is 44.2. The van der Waals surface area contributed by atoms with Gasteiger partial charge in [-0.1, -0.05) is 18.7 Å². The number of alkyl halides is 3. The molecule has 164 valence electrons. The molecule has 0 aromatic heterocycles. The summed E-state index contributed by atoms with van der Waals surface area (Å²) in [7, 11) is 0. The number of anilines is 1. The van der Waals surface area contributed by atoms with E-state index < -0.39 is 23.6 Å². The molecule has 0 aliphatic heterocycles. The van der Waals surface area contributed by atoms with Crippen LogP contribution in [0.4, 0.5) is 18.9 Å². The molecule has 2 aromatic carbocycles. The molecular formula is C21H19BrF3N3O3. The lowest BCUT2D eigenvalue weighted by Crippen LogP contribution is -2.20. The molecule has 2 amide bonds. The minimum atomic E-state index is -4.51. The van der Waals surface area contributed by atoms with Crippen LogP contribution < -0.4 is 15.5 Å². The van der Waals surface area contributed by atoms with E-state index in [2.05, 4.69) is 38.4 Å². The Hall–Kier alpha value is -3.14. The average molecular weight is 498 g/mol. The molecule has 2 rings (SSSR count). The summed E-state index contributed by atoms with van der Waals surface area (Å²) >= 11 is 3.37.